The molecule has 1 aromatic heterocycles. The largest absolute Gasteiger partial charge is 0.340 e. The maximum Gasteiger partial charge on any atom is 0.331 e. The fourth-order valence-electron chi connectivity index (χ4n) is 3.38. The molecule has 146 valence electrons. The Bertz CT molecular complexity index is 1080. The van der Waals surface area contributed by atoms with Gasteiger partial charge in [0.2, 0.25) is 0 Å². The van der Waals surface area contributed by atoms with Gasteiger partial charge in [0, 0.05) is 47.4 Å². The molecule has 0 unspecified atom stereocenters. The fourth-order valence-corrected chi connectivity index (χ4v) is 3.38. The Morgan fingerprint density at radius 3 is 2.43 bits per heavy atom. The van der Waals surface area contributed by atoms with Crippen molar-refractivity contribution in [2.24, 2.45) is 5.16 Å². The Morgan fingerprint density at radius 1 is 1.11 bits per heavy atom. The molecule has 0 bridgehead atoms. The molecule has 7 nitrogen and oxygen atoms in total. The highest BCUT2D eigenvalue weighted by Crippen LogP contribution is 2.33. The molecule has 0 aliphatic rings. The van der Waals surface area contributed by atoms with Gasteiger partial charge in [0.1, 0.15) is 0 Å². The molecular formula is C21H23N3O4. The minimum atomic E-state index is -0.483. The summed E-state index contributed by atoms with van der Waals surface area (Å²) < 4.78 is 2.21. The first-order chi connectivity index (χ1) is 13.4. The van der Waals surface area contributed by atoms with E-state index in [1.165, 1.54) is 6.92 Å². The number of nitrogens with zero attached hydrogens (tertiary/aromatic N) is 3. The van der Waals surface area contributed by atoms with Crippen LogP contribution in [-0.2, 0) is 16.2 Å². The number of aryl methyl sites for hydroxylation is 1. The van der Waals surface area contributed by atoms with Crippen LogP contribution in [0.4, 0.5) is 5.69 Å². The van der Waals surface area contributed by atoms with Crippen LogP contribution < -0.4 is 0 Å². The predicted molar refractivity (Wildman–Crippen MR) is 110 cm³/mol. The predicted octanol–water partition coefficient (Wildman–Crippen LogP) is 5.18. The lowest BCUT2D eigenvalue weighted by Gasteiger charge is -2.07. The Morgan fingerprint density at radius 2 is 1.79 bits per heavy atom. The summed E-state index contributed by atoms with van der Waals surface area (Å²) >= 11 is 0. The summed E-state index contributed by atoms with van der Waals surface area (Å²) in [5.41, 5.74) is 3.43. The number of unbranched alkanes of at least 4 members (excludes halogenated alkanes) is 2. The second-order valence-electron chi connectivity index (χ2n) is 6.81. The van der Waals surface area contributed by atoms with Gasteiger partial charge in [-0.15, -0.1) is 0 Å². The van der Waals surface area contributed by atoms with Gasteiger partial charge in [-0.3, -0.25) is 10.1 Å². The van der Waals surface area contributed by atoms with Gasteiger partial charge < -0.3 is 9.40 Å². The van der Waals surface area contributed by atoms with Crippen molar-refractivity contribution in [3.8, 4) is 0 Å². The van der Waals surface area contributed by atoms with Gasteiger partial charge in [-0.1, -0.05) is 31.0 Å². The third kappa shape index (κ3) is 3.88. The summed E-state index contributed by atoms with van der Waals surface area (Å²) in [6, 6.07) is 10.9. The zero-order chi connectivity index (χ0) is 20.3. The van der Waals surface area contributed by atoms with Crippen molar-refractivity contribution in [2.45, 2.75) is 46.6 Å². The van der Waals surface area contributed by atoms with E-state index < -0.39 is 5.97 Å². The number of hydrogen-bond acceptors (Lipinski definition) is 5. The van der Waals surface area contributed by atoms with Crippen molar-refractivity contribution in [1.82, 2.24) is 4.57 Å². The first-order valence-corrected chi connectivity index (χ1v) is 9.35. The van der Waals surface area contributed by atoms with Crippen molar-refractivity contribution in [3.05, 3.63) is 52.1 Å². The number of benzene rings is 2. The Hall–Kier alpha value is -3.22. The fraction of sp³-hybridized carbons (Fsp3) is 0.333. The van der Waals surface area contributed by atoms with Gasteiger partial charge in [-0.25, -0.2) is 4.79 Å². The number of nitro groups is 1. The summed E-state index contributed by atoms with van der Waals surface area (Å²) in [6.45, 7) is 6.06. The molecule has 0 aliphatic carbocycles. The molecule has 0 atom stereocenters. The van der Waals surface area contributed by atoms with Crippen LogP contribution in [0.2, 0.25) is 0 Å². The highest BCUT2D eigenvalue weighted by molar-refractivity contribution is 6.12. The van der Waals surface area contributed by atoms with E-state index in [9.17, 15) is 14.9 Å². The summed E-state index contributed by atoms with van der Waals surface area (Å²) in [6.07, 6.45) is 3.29. The SMILES string of the molecule is CCCCCn1c2ccc(/C(C)=N/OC(C)=O)cc2c2cc([N+](=O)[O-])ccc21. The van der Waals surface area contributed by atoms with E-state index in [4.69, 9.17) is 4.84 Å². The molecule has 28 heavy (non-hydrogen) atoms. The van der Waals surface area contributed by atoms with E-state index in [1.54, 1.807) is 19.1 Å². The molecular weight excluding hydrogens is 358 g/mol. The number of rotatable bonds is 7. The van der Waals surface area contributed by atoms with Gasteiger partial charge in [0.15, 0.2) is 0 Å². The topological polar surface area (TPSA) is 86.7 Å². The van der Waals surface area contributed by atoms with E-state index in [2.05, 4.69) is 16.6 Å². The minimum Gasteiger partial charge on any atom is -0.340 e. The zero-order valence-electron chi connectivity index (χ0n) is 16.3. The number of fused-ring (bicyclic) bond motifs is 3. The molecule has 1 heterocycles. The van der Waals surface area contributed by atoms with E-state index in [0.29, 0.717) is 5.71 Å². The quantitative estimate of drug-likeness (QED) is 0.185. The van der Waals surface area contributed by atoms with Crippen LogP contribution in [0.3, 0.4) is 0 Å². The van der Waals surface area contributed by atoms with Gasteiger partial charge >= 0.3 is 5.97 Å². The number of non-ortho nitro benzene ring substituents is 1. The molecule has 3 aromatic rings. The second-order valence-corrected chi connectivity index (χ2v) is 6.81. The molecule has 0 saturated heterocycles. The molecule has 0 radical (unpaired) electrons. The third-order valence-corrected chi connectivity index (χ3v) is 4.77. The normalized spacial score (nSPS) is 11.9. The summed E-state index contributed by atoms with van der Waals surface area (Å²) in [7, 11) is 0. The summed E-state index contributed by atoms with van der Waals surface area (Å²) in [5, 5.41) is 16.9. The van der Waals surface area contributed by atoms with E-state index in [1.807, 2.05) is 24.3 Å². The lowest BCUT2D eigenvalue weighted by molar-refractivity contribution is -0.384. The zero-order valence-corrected chi connectivity index (χ0v) is 16.3. The average Bonchev–Trinajstić information content (AvgIpc) is 2.98. The van der Waals surface area contributed by atoms with Crippen molar-refractivity contribution in [1.29, 1.82) is 0 Å². The van der Waals surface area contributed by atoms with Crippen LogP contribution in [0.15, 0.2) is 41.6 Å². The van der Waals surface area contributed by atoms with E-state index in [-0.39, 0.29) is 10.6 Å². The van der Waals surface area contributed by atoms with Crippen molar-refractivity contribution >= 4 is 39.2 Å². The van der Waals surface area contributed by atoms with E-state index >= 15 is 0 Å². The third-order valence-electron chi connectivity index (χ3n) is 4.77. The lowest BCUT2D eigenvalue weighted by Crippen LogP contribution is -2.00. The molecule has 2 aromatic carbocycles. The molecule has 0 amide bonds. The maximum absolute atomic E-state index is 11.3. The van der Waals surface area contributed by atoms with Crippen molar-refractivity contribution in [3.63, 3.8) is 0 Å². The summed E-state index contributed by atoms with van der Waals surface area (Å²) in [5.74, 6) is -0.483. The van der Waals surface area contributed by atoms with Crippen LogP contribution in [-0.4, -0.2) is 21.2 Å². The average molecular weight is 381 g/mol. The highest BCUT2D eigenvalue weighted by atomic mass is 16.7. The number of aromatic nitrogens is 1. The second kappa shape index (κ2) is 8.21. The monoisotopic (exact) mass is 381 g/mol. The van der Waals surface area contributed by atoms with Crippen molar-refractivity contribution in [2.75, 3.05) is 0 Å². The molecule has 3 rings (SSSR count). The lowest BCUT2D eigenvalue weighted by atomic mass is 10.1. The van der Waals surface area contributed by atoms with E-state index in [0.717, 1.165) is 53.2 Å². The van der Waals surface area contributed by atoms with Crippen LogP contribution in [0, 0.1) is 10.1 Å². The van der Waals surface area contributed by atoms with Gasteiger partial charge in [0.05, 0.1) is 10.6 Å². The van der Waals surface area contributed by atoms with Gasteiger partial charge in [-0.2, -0.15) is 0 Å². The molecule has 7 heteroatoms. The highest BCUT2D eigenvalue weighted by Gasteiger charge is 2.15. The molecule has 0 saturated carbocycles. The first kappa shape index (κ1) is 19.5. The van der Waals surface area contributed by atoms with Crippen LogP contribution in [0.1, 0.15) is 45.6 Å². The number of nitro benzene ring substituents is 1. The Kier molecular flexibility index (Phi) is 5.73. The number of oxime groups is 1. The maximum atomic E-state index is 11.3. The summed E-state index contributed by atoms with van der Waals surface area (Å²) in [4.78, 5) is 26.6. The van der Waals surface area contributed by atoms with Gasteiger partial charge in [0.25, 0.3) is 5.69 Å². The Balaban J connectivity index is 2.18. The minimum absolute atomic E-state index is 0.0656. The van der Waals surface area contributed by atoms with Crippen molar-refractivity contribution < 1.29 is 14.6 Å². The molecule has 0 N–H and O–H groups in total. The van der Waals surface area contributed by atoms with Crippen LogP contribution in [0.25, 0.3) is 21.8 Å². The standard InChI is InChI=1S/C21H23N3O4/c1-4-5-6-11-23-20-9-7-16(14(2)22-28-15(3)25)12-18(20)19-13-17(24(26)27)8-10-21(19)23/h7-10,12-13H,4-6,11H2,1-3H3/b22-14+. The first-order valence-electron chi connectivity index (χ1n) is 9.35. The van der Waals surface area contributed by atoms with Crippen LogP contribution in [0.5, 0.6) is 0 Å². The molecule has 0 fully saturated rings. The smallest absolute Gasteiger partial charge is 0.331 e. The number of carbonyl (C=O) groups is 1. The van der Waals surface area contributed by atoms with Gasteiger partial charge in [-0.05, 0) is 37.1 Å². The number of carbonyl (C=O) groups excluding carboxylic acids is 1. The number of hydrogen-bond donors (Lipinski definition) is 0. The Labute approximate surface area is 162 Å². The molecule has 0 aliphatic heterocycles. The molecule has 0 spiro atoms. The van der Waals surface area contributed by atoms with Crippen LogP contribution >= 0.6 is 0 Å².